The Morgan fingerprint density at radius 1 is 1.32 bits per heavy atom. The number of hydrogen-bond donors (Lipinski definition) is 1. The average Bonchev–Trinajstić information content (AvgIpc) is 2.80. The second-order valence-electron chi connectivity index (χ2n) is 4.07. The maximum Gasteiger partial charge on any atom is 0.229 e. The van der Waals surface area contributed by atoms with Gasteiger partial charge in [0, 0.05) is 11.3 Å². The summed E-state index contributed by atoms with van der Waals surface area (Å²) in [6.45, 7) is 0.280. The van der Waals surface area contributed by atoms with Crippen LogP contribution in [0.1, 0.15) is 10.4 Å². The van der Waals surface area contributed by atoms with Crippen LogP contribution in [0.4, 0.5) is 5.69 Å². The molecule has 0 aliphatic heterocycles. The molecule has 0 amide bonds. The van der Waals surface area contributed by atoms with Gasteiger partial charge >= 0.3 is 0 Å². The fourth-order valence-corrected chi connectivity index (χ4v) is 2.71. The molecule has 0 unspecified atom stereocenters. The van der Waals surface area contributed by atoms with Crippen LogP contribution in [-0.2, 0) is 16.6 Å². The van der Waals surface area contributed by atoms with Gasteiger partial charge in [0.1, 0.15) is 0 Å². The number of hydrogen-bond acceptors (Lipinski definition) is 4. The molecule has 0 atom stereocenters. The second-order valence-corrected chi connectivity index (χ2v) is 6.58. The Labute approximate surface area is 115 Å². The third kappa shape index (κ3) is 4.15. The van der Waals surface area contributed by atoms with E-state index in [0.29, 0.717) is 11.3 Å². The Bertz CT molecular complexity index is 662. The van der Waals surface area contributed by atoms with Gasteiger partial charge in [-0.2, -0.15) is 4.57 Å². The lowest BCUT2D eigenvalue weighted by Crippen LogP contribution is -2.34. The van der Waals surface area contributed by atoms with Crippen molar-refractivity contribution in [2.45, 2.75) is 6.54 Å². The summed E-state index contributed by atoms with van der Waals surface area (Å²) in [5.41, 5.74) is 2.86. The maximum absolute atomic E-state index is 12.0. The summed E-state index contributed by atoms with van der Waals surface area (Å²) >= 11 is 1.52. The number of thiazole rings is 1. The van der Waals surface area contributed by atoms with Crippen molar-refractivity contribution in [1.82, 2.24) is 0 Å². The molecule has 0 spiro atoms. The van der Waals surface area contributed by atoms with Crippen LogP contribution in [0.2, 0.25) is 0 Å². The molecule has 0 radical (unpaired) electrons. The molecule has 0 fully saturated rings. The van der Waals surface area contributed by atoms with Crippen molar-refractivity contribution in [3.05, 3.63) is 46.9 Å². The van der Waals surface area contributed by atoms with Crippen LogP contribution in [0.5, 0.6) is 0 Å². The molecule has 1 N–H and O–H groups in total. The first-order chi connectivity index (χ1) is 8.94. The fraction of sp³-hybridized carbons (Fsp3) is 0.167. The van der Waals surface area contributed by atoms with Crippen LogP contribution in [-0.4, -0.2) is 20.5 Å². The Hall–Kier alpha value is -1.73. The summed E-state index contributed by atoms with van der Waals surface area (Å²) in [5.74, 6) is -0.0192. The summed E-state index contributed by atoms with van der Waals surface area (Å²) in [6, 6.07) is 6.38. The summed E-state index contributed by atoms with van der Waals surface area (Å²) in [5, 5.41) is 1.90. The Morgan fingerprint density at radius 3 is 2.53 bits per heavy atom. The topological polar surface area (TPSA) is 67.1 Å². The smallest absolute Gasteiger partial charge is 0.229 e. The predicted octanol–water partition coefficient (Wildman–Crippen LogP) is 1.29. The van der Waals surface area contributed by atoms with Gasteiger partial charge in [-0.05, 0) is 24.3 Å². The molecule has 0 saturated heterocycles. The van der Waals surface area contributed by atoms with Gasteiger partial charge in [0.25, 0.3) is 0 Å². The number of carbonyl (C=O) groups excluding carboxylic acids is 1. The molecule has 7 heteroatoms. The van der Waals surface area contributed by atoms with Crippen molar-refractivity contribution in [3.8, 4) is 0 Å². The van der Waals surface area contributed by atoms with Crippen LogP contribution in [0.15, 0.2) is 41.4 Å². The van der Waals surface area contributed by atoms with E-state index in [0.717, 1.165) is 6.26 Å². The molecule has 1 aromatic heterocycles. The highest BCUT2D eigenvalue weighted by Crippen LogP contribution is 2.11. The lowest BCUT2D eigenvalue weighted by molar-refractivity contribution is -0.678. The Kier molecular flexibility index (Phi) is 3.96. The van der Waals surface area contributed by atoms with Crippen LogP contribution in [0, 0.1) is 0 Å². The van der Waals surface area contributed by atoms with E-state index in [1.54, 1.807) is 28.8 Å². The van der Waals surface area contributed by atoms with Gasteiger partial charge in [-0.25, -0.2) is 8.42 Å². The lowest BCUT2D eigenvalue weighted by atomic mass is 10.1. The molecule has 2 rings (SSSR count). The number of anilines is 1. The number of aromatic nitrogens is 1. The van der Waals surface area contributed by atoms with E-state index in [-0.39, 0.29) is 12.3 Å². The molecule has 2 aromatic rings. The maximum atomic E-state index is 12.0. The van der Waals surface area contributed by atoms with E-state index >= 15 is 0 Å². The SMILES string of the molecule is CS(=O)(=O)Nc1ccc(C(=O)C[n+]2ccsc2)cc1. The summed E-state index contributed by atoms with van der Waals surface area (Å²) in [7, 11) is -3.29. The zero-order valence-corrected chi connectivity index (χ0v) is 11.9. The highest BCUT2D eigenvalue weighted by molar-refractivity contribution is 7.92. The van der Waals surface area contributed by atoms with Crippen molar-refractivity contribution in [2.75, 3.05) is 11.0 Å². The third-order valence-corrected chi connectivity index (χ3v) is 3.64. The van der Waals surface area contributed by atoms with Crippen molar-refractivity contribution in [2.24, 2.45) is 0 Å². The van der Waals surface area contributed by atoms with Crippen LogP contribution in [0.3, 0.4) is 0 Å². The molecule has 0 bridgehead atoms. The number of sulfonamides is 1. The molecule has 1 aromatic carbocycles. The van der Waals surface area contributed by atoms with Gasteiger partial charge < -0.3 is 0 Å². The average molecular weight is 297 g/mol. The van der Waals surface area contributed by atoms with Gasteiger partial charge in [0.05, 0.1) is 11.6 Å². The lowest BCUT2D eigenvalue weighted by Gasteiger charge is -2.04. The molecule has 0 aliphatic rings. The van der Waals surface area contributed by atoms with Gasteiger partial charge in [-0.3, -0.25) is 9.52 Å². The van der Waals surface area contributed by atoms with E-state index in [1.165, 1.54) is 11.3 Å². The highest BCUT2D eigenvalue weighted by atomic mass is 32.2. The number of nitrogens with zero attached hydrogens (tertiary/aromatic N) is 1. The van der Waals surface area contributed by atoms with E-state index in [4.69, 9.17) is 0 Å². The molecule has 19 heavy (non-hydrogen) atoms. The first-order valence-electron chi connectivity index (χ1n) is 5.46. The van der Waals surface area contributed by atoms with E-state index < -0.39 is 10.0 Å². The standard InChI is InChI=1S/C12H12N2O3S2/c1-19(16,17)13-11-4-2-10(3-5-11)12(15)8-14-6-7-18-9-14/h2-7,9H,8H2,1H3/p+1. The molecule has 0 saturated carbocycles. The highest BCUT2D eigenvalue weighted by Gasteiger charge is 2.12. The molecule has 100 valence electrons. The number of ketones is 1. The monoisotopic (exact) mass is 297 g/mol. The largest absolute Gasteiger partial charge is 0.287 e. The summed E-state index contributed by atoms with van der Waals surface area (Å²) in [4.78, 5) is 12.0. The van der Waals surface area contributed by atoms with E-state index in [2.05, 4.69) is 4.72 Å². The fourth-order valence-electron chi connectivity index (χ4n) is 1.55. The van der Waals surface area contributed by atoms with Crippen LogP contribution in [0.25, 0.3) is 0 Å². The summed E-state index contributed by atoms with van der Waals surface area (Å²) < 4.78 is 26.3. The minimum absolute atomic E-state index is 0.0192. The van der Waals surface area contributed by atoms with E-state index in [1.807, 2.05) is 17.1 Å². The summed E-state index contributed by atoms with van der Waals surface area (Å²) in [6.07, 6.45) is 2.92. The van der Waals surface area contributed by atoms with Gasteiger partial charge in [0.15, 0.2) is 6.20 Å². The van der Waals surface area contributed by atoms with Crippen molar-refractivity contribution in [3.63, 3.8) is 0 Å². The van der Waals surface area contributed by atoms with Gasteiger partial charge in [0.2, 0.25) is 27.9 Å². The number of benzene rings is 1. The molecule has 1 heterocycles. The molecule has 5 nitrogen and oxygen atoms in total. The van der Waals surface area contributed by atoms with Crippen molar-refractivity contribution >= 4 is 32.8 Å². The third-order valence-electron chi connectivity index (χ3n) is 2.36. The van der Waals surface area contributed by atoms with Gasteiger partial charge in [-0.1, -0.05) is 11.3 Å². The molecular formula is C12H13N2O3S2+. The van der Waals surface area contributed by atoms with Crippen molar-refractivity contribution < 1.29 is 17.8 Å². The normalized spacial score (nSPS) is 11.2. The molecule has 0 aliphatic carbocycles. The van der Waals surface area contributed by atoms with Crippen molar-refractivity contribution in [1.29, 1.82) is 0 Å². The zero-order chi connectivity index (χ0) is 13.9. The minimum atomic E-state index is -3.29. The molecular weight excluding hydrogens is 284 g/mol. The number of carbonyl (C=O) groups is 1. The number of nitrogens with one attached hydrogen (secondary N) is 1. The Balaban J connectivity index is 2.08. The number of rotatable bonds is 5. The first-order valence-corrected chi connectivity index (χ1v) is 8.30. The second kappa shape index (κ2) is 5.50. The van der Waals surface area contributed by atoms with Crippen LogP contribution < -0.4 is 9.29 Å². The van der Waals surface area contributed by atoms with Crippen LogP contribution >= 0.6 is 11.3 Å². The zero-order valence-electron chi connectivity index (χ0n) is 10.2. The van der Waals surface area contributed by atoms with Gasteiger partial charge in [-0.15, -0.1) is 0 Å². The Morgan fingerprint density at radius 2 is 2.00 bits per heavy atom. The quantitative estimate of drug-likeness (QED) is 0.668. The van der Waals surface area contributed by atoms with E-state index in [9.17, 15) is 13.2 Å². The first kappa shape index (κ1) is 13.7. The minimum Gasteiger partial charge on any atom is -0.287 e. The predicted molar refractivity (Wildman–Crippen MR) is 73.8 cm³/mol. The number of Topliss-reactive ketones (excluding diaryl/α,β-unsaturated/α-hetero) is 1.